The summed E-state index contributed by atoms with van der Waals surface area (Å²) in [5, 5.41) is 9.40. The van der Waals surface area contributed by atoms with Gasteiger partial charge in [-0.2, -0.15) is 5.10 Å². The molecule has 1 fully saturated rings. The molecule has 0 atom stereocenters. The smallest absolute Gasteiger partial charge is 0.280 e. The van der Waals surface area contributed by atoms with Crippen LogP contribution in [-0.2, 0) is 4.79 Å². The highest BCUT2D eigenvalue weighted by Gasteiger charge is 2.29. The summed E-state index contributed by atoms with van der Waals surface area (Å²) in [5.74, 6) is -1.09. The third kappa shape index (κ3) is 5.53. The molecular formula is C27H22FN5O4. The zero-order valence-corrected chi connectivity index (χ0v) is 19.8. The first-order chi connectivity index (χ1) is 17.9. The summed E-state index contributed by atoms with van der Waals surface area (Å²) in [6.45, 7) is 1.59. The van der Waals surface area contributed by atoms with Crippen LogP contribution in [0.3, 0.4) is 0 Å². The van der Waals surface area contributed by atoms with Gasteiger partial charge in [-0.25, -0.2) is 14.1 Å². The number of anilines is 2. The van der Waals surface area contributed by atoms with Gasteiger partial charge in [0, 0.05) is 41.7 Å². The average molecular weight is 500 g/mol. The molecule has 2 aromatic carbocycles. The largest absolute Gasteiger partial charge is 0.454 e. The molecule has 0 unspecified atom stereocenters. The van der Waals surface area contributed by atoms with E-state index in [0.29, 0.717) is 17.1 Å². The van der Waals surface area contributed by atoms with Crippen molar-refractivity contribution < 1.29 is 18.7 Å². The molecule has 1 aliphatic carbocycles. The molecule has 5 rings (SSSR count). The number of hydrogen-bond acceptors (Lipinski definition) is 6. The molecule has 2 heterocycles. The summed E-state index contributed by atoms with van der Waals surface area (Å²) in [5.41, 5.74) is 0.299. The minimum Gasteiger partial charge on any atom is -0.454 e. The number of aromatic nitrogens is 3. The molecule has 0 spiro atoms. The van der Waals surface area contributed by atoms with Crippen molar-refractivity contribution >= 4 is 23.3 Å². The van der Waals surface area contributed by atoms with E-state index in [1.54, 1.807) is 25.3 Å². The van der Waals surface area contributed by atoms with E-state index in [1.807, 2.05) is 18.2 Å². The van der Waals surface area contributed by atoms with Crippen molar-refractivity contribution in [3.05, 3.63) is 100 Å². The van der Waals surface area contributed by atoms with Gasteiger partial charge in [0.25, 0.3) is 5.91 Å². The number of benzene rings is 2. The van der Waals surface area contributed by atoms with E-state index in [2.05, 4.69) is 20.7 Å². The summed E-state index contributed by atoms with van der Waals surface area (Å²) in [6, 6.07) is 15.9. The highest BCUT2D eigenvalue weighted by atomic mass is 19.1. The van der Waals surface area contributed by atoms with E-state index in [1.165, 1.54) is 35.1 Å². The van der Waals surface area contributed by atoms with Crippen LogP contribution in [0.4, 0.5) is 15.9 Å². The summed E-state index contributed by atoms with van der Waals surface area (Å²) < 4.78 is 21.8. The Morgan fingerprint density at radius 3 is 2.57 bits per heavy atom. The van der Waals surface area contributed by atoms with Gasteiger partial charge in [0.2, 0.25) is 11.3 Å². The van der Waals surface area contributed by atoms with Crippen molar-refractivity contribution in [2.24, 2.45) is 5.92 Å². The summed E-state index contributed by atoms with van der Waals surface area (Å²) in [7, 11) is 0. The Morgan fingerprint density at radius 1 is 1.05 bits per heavy atom. The molecular weight excluding hydrogens is 477 g/mol. The number of nitrogens with one attached hydrogen (secondary N) is 2. The zero-order chi connectivity index (χ0) is 25.9. The first-order valence-electron chi connectivity index (χ1n) is 11.6. The van der Waals surface area contributed by atoms with Crippen LogP contribution < -0.4 is 20.8 Å². The van der Waals surface area contributed by atoms with Gasteiger partial charge in [0.1, 0.15) is 11.6 Å². The van der Waals surface area contributed by atoms with Crippen LogP contribution >= 0.6 is 0 Å². The number of nitrogens with zero attached hydrogens (tertiary/aromatic N) is 3. The van der Waals surface area contributed by atoms with Crippen LogP contribution in [0.1, 0.15) is 28.9 Å². The Kier molecular flexibility index (Phi) is 6.46. The van der Waals surface area contributed by atoms with Gasteiger partial charge in [-0.15, -0.1) is 0 Å². The van der Waals surface area contributed by atoms with Crippen LogP contribution in [0.15, 0.2) is 77.9 Å². The predicted octanol–water partition coefficient (Wildman–Crippen LogP) is 4.47. The van der Waals surface area contributed by atoms with Crippen molar-refractivity contribution in [1.29, 1.82) is 0 Å². The van der Waals surface area contributed by atoms with Gasteiger partial charge < -0.3 is 15.4 Å². The van der Waals surface area contributed by atoms with Crippen LogP contribution in [0.25, 0.3) is 5.69 Å². The lowest BCUT2D eigenvalue weighted by Gasteiger charge is -2.11. The lowest BCUT2D eigenvalue weighted by molar-refractivity contribution is -0.117. The Morgan fingerprint density at radius 2 is 1.84 bits per heavy atom. The molecule has 2 N–H and O–H groups in total. The molecule has 4 aromatic rings. The van der Waals surface area contributed by atoms with Crippen LogP contribution in [0.2, 0.25) is 0 Å². The van der Waals surface area contributed by atoms with Crippen LogP contribution in [0.5, 0.6) is 11.5 Å². The van der Waals surface area contributed by atoms with E-state index >= 15 is 0 Å². The second-order valence-electron chi connectivity index (χ2n) is 8.61. The second-order valence-corrected chi connectivity index (χ2v) is 8.61. The van der Waals surface area contributed by atoms with Crippen LogP contribution in [0, 0.1) is 18.7 Å². The number of rotatable bonds is 7. The molecule has 10 heteroatoms. The van der Waals surface area contributed by atoms with Crippen molar-refractivity contribution in [1.82, 2.24) is 14.8 Å². The highest BCUT2D eigenvalue weighted by Crippen LogP contribution is 2.31. The fourth-order valence-electron chi connectivity index (χ4n) is 3.57. The maximum atomic E-state index is 14.8. The van der Waals surface area contributed by atoms with Crippen molar-refractivity contribution in [2.75, 3.05) is 10.6 Å². The van der Waals surface area contributed by atoms with Crippen molar-refractivity contribution in [2.45, 2.75) is 19.8 Å². The molecule has 1 saturated carbocycles. The zero-order valence-electron chi connectivity index (χ0n) is 19.8. The quantitative estimate of drug-likeness (QED) is 0.388. The molecule has 9 nitrogen and oxygen atoms in total. The standard InChI is InChI=1S/C27H22FN5O4/c1-16-15-33(19-5-3-2-4-6-19)32-24(25(16)34)27(36)30-18-9-10-22(21(28)13-18)37-20-11-12-29-23(14-20)31-26(35)17-7-8-17/h2-6,9-15,17H,7-8H2,1H3,(H,30,36)(H,29,31,35). The lowest BCUT2D eigenvalue weighted by Crippen LogP contribution is -2.27. The predicted molar refractivity (Wildman–Crippen MR) is 135 cm³/mol. The Hall–Kier alpha value is -4.86. The number of pyridine rings is 1. The number of hydrogen-bond donors (Lipinski definition) is 2. The van der Waals surface area contributed by atoms with Gasteiger partial charge >= 0.3 is 0 Å². The molecule has 2 aromatic heterocycles. The number of para-hydroxylation sites is 1. The van der Waals surface area contributed by atoms with E-state index in [0.717, 1.165) is 18.9 Å². The second kappa shape index (κ2) is 10.0. The number of aryl methyl sites for hydroxylation is 1. The van der Waals surface area contributed by atoms with Crippen LogP contribution in [-0.4, -0.2) is 26.6 Å². The maximum absolute atomic E-state index is 14.8. The third-order valence-electron chi connectivity index (χ3n) is 5.68. The summed E-state index contributed by atoms with van der Waals surface area (Å²) in [4.78, 5) is 41.5. The number of amides is 2. The fourth-order valence-corrected chi connectivity index (χ4v) is 3.57. The highest BCUT2D eigenvalue weighted by molar-refractivity contribution is 6.02. The first kappa shape index (κ1) is 23.9. The SMILES string of the molecule is Cc1cn(-c2ccccc2)nc(C(=O)Nc2ccc(Oc3ccnc(NC(=O)C4CC4)c3)c(F)c2)c1=O. The van der Waals surface area contributed by atoms with Crippen molar-refractivity contribution in [3.8, 4) is 17.2 Å². The lowest BCUT2D eigenvalue weighted by atomic mass is 10.2. The third-order valence-corrected chi connectivity index (χ3v) is 5.68. The summed E-state index contributed by atoms with van der Waals surface area (Å²) in [6.07, 6.45) is 4.71. The molecule has 2 amide bonds. The minimum absolute atomic E-state index is 0.0165. The van der Waals surface area contributed by atoms with Crippen molar-refractivity contribution in [3.63, 3.8) is 0 Å². The topological polar surface area (TPSA) is 115 Å². The number of carbonyl (C=O) groups is 2. The Labute approximate surface area is 210 Å². The molecule has 0 radical (unpaired) electrons. The van der Waals surface area contributed by atoms with E-state index in [-0.39, 0.29) is 34.7 Å². The number of carbonyl (C=O) groups excluding carboxylic acids is 2. The molecule has 0 aliphatic heterocycles. The molecule has 1 aliphatic rings. The van der Waals surface area contributed by atoms with E-state index in [4.69, 9.17) is 4.74 Å². The average Bonchev–Trinajstić information content (AvgIpc) is 3.74. The molecule has 186 valence electrons. The Balaban J connectivity index is 1.31. The fraction of sp³-hybridized carbons (Fsp3) is 0.148. The van der Waals surface area contributed by atoms with Gasteiger partial charge in [-0.05, 0) is 50.1 Å². The molecule has 0 saturated heterocycles. The monoisotopic (exact) mass is 499 g/mol. The van der Waals surface area contributed by atoms with E-state index < -0.39 is 17.2 Å². The minimum atomic E-state index is -0.767. The van der Waals surface area contributed by atoms with E-state index in [9.17, 15) is 18.8 Å². The Bertz CT molecular complexity index is 1550. The van der Waals surface area contributed by atoms with Gasteiger partial charge in [-0.3, -0.25) is 14.4 Å². The number of halogens is 1. The molecule has 37 heavy (non-hydrogen) atoms. The van der Waals surface area contributed by atoms with Gasteiger partial charge in [0.05, 0.1) is 5.69 Å². The molecule has 0 bridgehead atoms. The number of ether oxygens (including phenoxy) is 1. The first-order valence-corrected chi connectivity index (χ1v) is 11.6. The maximum Gasteiger partial charge on any atom is 0.280 e. The van der Waals surface area contributed by atoms with Gasteiger partial charge in [0.15, 0.2) is 17.3 Å². The van der Waals surface area contributed by atoms with Gasteiger partial charge in [-0.1, -0.05) is 18.2 Å². The summed E-state index contributed by atoms with van der Waals surface area (Å²) >= 11 is 0. The normalized spacial score (nSPS) is 12.6.